The summed E-state index contributed by atoms with van der Waals surface area (Å²) < 4.78 is 5.61. The number of rotatable bonds is 8. The van der Waals surface area contributed by atoms with Gasteiger partial charge in [-0.25, -0.2) is 5.43 Å². The molecule has 3 unspecified atom stereocenters. The van der Waals surface area contributed by atoms with E-state index in [1.54, 1.807) is 6.26 Å². The number of benzene rings is 1. The molecule has 0 bridgehead atoms. The predicted octanol–water partition coefficient (Wildman–Crippen LogP) is 2.90. The summed E-state index contributed by atoms with van der Waals surface area (Å²) >= 11 is 5.98. The van der Waals surface area contributed by atoms with Crippen molar-refractivity contribution in [3.05, 3.63) is 59.0 Å². The van der Waals surface area contributed by atoms with Crippen LogP contribution in [0.4, 0.5) is 0 Å². The predicted molar refractivity (Wildman–Crippen MR) is 106 cm³/mol. The fourth-order valence-electron chi connectivity index (χ4n) is 3.61. The molecule has 1 aliphatic rings. The van der Waals surface area contributed by atoms with Crippen LogP contribution in [-0.2, 0) is 4.79 Å². The molecule has 3 N–H and O–H groups in total. The minimum Gasteiger partial charge on any atom is -0.468 e. The van der Waals surface area contributed by atoms with Gasteiger partial charge in [-0.3, -0.25) is 15.1 Å². The molecule has 1 amide bonds. The van der Waals surface area contributed by atoms with Gasteiger partial charge in [0.25, 0.3) is 0 Å². The summed E-state index contributed by atoms with van der Waals surface area (Å²) in [5, 5.41) is 3.81. The summed E-state index contributed by atoms with van der Waals surface area (Å²) in [6, 6.07) is 11.4. The van der Waals surface area contributed by atoms with E-state index in [1.165, 1.54) is 0 Å². The molecule has 1 aliphatic heterocycles. The highest BCUT2D eigenvalue weighted by Crippen LogP contribution is 2.27. The molecule has 27 heavy (non-hydrogen) atoms. The molecule has 0 aliphatic carbocycles. The molecule has 1 aromatic carbocycles. The van der Waals surface area contributed by atoms with Crippen molar-refractivity contribution in [2.45, 2.75) is 25.9 Å². The topological polar surface area (TPSA) is 69.5 Å². The van der Waals surface area contributed by atoms with Crippen molar-refractivity contribution in [1.82, 2.24) is 21.1 Å². The number of halogens is 1. The number of carbonyl (C=O) groups excluding carboxylic acids is 1. The van der Waals surface area contributed by atoms with Crippen molar-refractivity contribution in [3.63, 3.8) is 0 Å². The Morgan fingerprint density at radius 1 is 1.30 bits per heavy atom. The van der Waals surface area contributed by atoms with Crippen LogP contribution in [0.25, 0.3) is 0 Å². The zero-order chi connectivity index (χ0) is 19.2. The van der Waals surface area contributed by atoms with Crippen molar-refractivity contribution in [2.24, 2.45) is 5.92 Å². The lowest BCUT2D eigenvalue weighted by atomic mass is 9.94. The van der Waals surface area contributed by atoms with Gasteiger partial charge >= 0.3 is 0 Å². The highest BCUT2D eigenvalue weighted by molar-refractivity contribution is 6.30. The first kappa shape index (κ1) is 19.9. The molecule has 3 rings (SSSR count). The first-order valence-corrected chi connectivity index (χ1v) is 9.80. The smallest absolute Gasteiger partial charge is 0.226 e. The standard InChI is InChI=1S/C20H27ClN4O2/c1-3-25(4-2)17(18-6-5-11-27-18)13-22-20(26)16-12-23-24-19(16)14-7-9-15(21)10-8-14/h5-11,16-17,19,23-24H,3-4,12-13H2,1-2H3,(H,22,26). The number of hydrazine groups is 1. The summed E-state index contributed by atoms with van der Waals surface area (Å²) in [7, 11) is 0. The molecule has 1 fully saturated rings. The molecule has 2 aromatic rings. The summed E-state index contributed by atoms with van der Waals surface area (Å²) in [4.78, 5) is 15.2. The van der Waals surface area contributed by atoms with Gasteiger partial charge in [-0.05, 0) is 42.9 Å². The maximum atomic E-state index is 12.9. The normalized spacial score (nSPS) is 20.7. The average molecular weight is 391 g/mol. The van der Waals surface area contributed by atoms with E-state index >= 15 is 0 Å². The Kier molecular flexibility index (Phi) is 6.90. The third-order valence-electron chi connectivity index (χ3n) is 5.14. The van der Waals surface area contributed by atoms with Gasteiger partial charge < -0.3 is 9.73 Å². The Morgan fingerprint density at radius 2 is 2.04 bits per heavy atom. The number of amides is 1. The largest absolute Gasteiger partial charge is 0.468 e. The molecule has 0 saturated carbocycles. The molecule has 3 atom stereocenters. The molecule has 6 nitrogen and oxygen atoms in total. The van der Waals surface area contributed by atoms with Crippen molar-refractivity contribution < 1.29 is 9.21 Å². The number of hydrogen-bond acceptors (Lipinski definition) is 5. The molecular formula is C20H27ClN4O2. The average Bonchev–Trinajstić information content (AvgIpc) is 3.37. The first-order valence-electron chi connectivity index (χ1n) is 9.43. The Bertz CT molecular complexity index is 716. The number of furan rings is 1. The van der Waals surface area contributed by atoms with Crippen LogP contribution in [0.15, 0.2) is 47.1 Å². The van der Waals surface area contributed by atoms with E-state index < -0.39 is 0 Å². The summed E-state index contributed by atoms with van der Waals surface area (Å²) in [6.45, 7) is 7.09. The third-order valence-corrected chi connectivity index (χ3v) is 5.39. The van der Waals surface area contributed by atoms with Crippen molar-refractivity contribution in [3.8, 4) is 0 Å². The summed E-state index contributed by atoms with van der Waals surface area (Å²) in [5.74, 6) is 0.701. The number of hydrogen-bond donors (Lipinski definition) is 3. The Labute approximate surface area is 165 Å². The fraction of sp³-hybridized carbons (Fsp3) is 0.450. The number of likely N-dealkylation sites (N-methyl/N-ethyl adjacent to an activating group) is 1. The lowest BCUT2D eigenvalue weighted by Gasteiger charge is -2.29. The maximum absolute atomic E-state index is 12.9. The van der Waals surface area contributed by atoms with E-state index in [2.05, 4.69) is 34.9 Å². The van der Waals surface area contributed by atoms with E-state index in [0.29, 0.717) is 18.1 Å². The lowest BCUT2D eigenvalue weighted by Crippen LogP contribution is -2.41. The second-order valence-corrected chi connectivity index (χ2v) is 7.09. The van der Waals surface area contributed by atoms with Crippen LogP contribution in [0.2, 0.25) is 5.02 Å². The molecule has 2 heterocycles. The van der Waals surface area contributed by atoms with Crippen molar-refractivity contribution >= 4 is 17.5 Å². The van der Waals surface area contributed by atoms with E-state index in [-0.39, 0.29) is 23.9 Å². The molecule has 1 aromatic heterocycles. The zero-order valence-corrected chi connectivity index (χ0v) is 16.5. The van der Waals surface area contributed by atoms with Gasteiger partial charge in [-0.15, -0.1) is 0 Å². The van der Waals surface area contributed by atoms with Crippen molar-refractivity contribution in [1.29, 1.82) is 0 Å². The molecule has 0 spiro atoms. The van der Waals surface area contributed by atoms with Gasteiger partial charge in [0.05, 0.1) is 24.3 Å². The molecule has 146 valence electrons. The van der Waals surface area contributed by atoms with Crippen LogP contribution < -0.4 is 16.2 Å². The van der Waals surface area contributed by atoms with Gasteiger partial charge in [0.2, 0.25) is 5.91 Å². The molecule has 0 radical (unpaired) electrons. The van der Waals surface area contributed by atoms with Gasteiger partial charge in [0.1, 0.15) is 5.76 Å². The van der Waals surface area contributed by atoms with Crippen LogP contribution >= 0.6 is 11.6 Å². The van der Waals surface area contributed by atoms with Gasteiger partial charge in [0, 0.05) is 18.1 Å². The number of nitrogens with one attached hydrogen (secondary N) is 3. The zero-order valence-electron chi connectivity index (χ0n) is 15.7. The maximum Gasteiger partial charge on any atom is 0.226 e. The Hall–Kier alpha value is -1.86. The monoisotopic (exact) mass is 390 g/mol. The van der Waals surface area contributed by atoms with Crippen LogP contribution in [-0.4, -0.2) is 37.0 Å². The molecule has 1 saturated heterocycles. The van der Waals surface area contributed by atoms with Crippen LogP contribution in [0.1, 0.15) is 37.3 Å². The fourth-order valence-corrected chi connectivity index (χ4v) is 3.74. The van der Waals surface area contributed by atoms with Gasteiger partial charge in [-0.2, -0.15) is 0 Å². The Balaban J connectivity index is 1.67. The van der Waals surface area contributed by atoms with Gasteiger partial charge in [0.15, 0.2) is 0 Å². The molecular weight excluding hydrogens is 364 g/mol. The van der Waals surface area contributed by atoms with E-state index in [1.807, 2.05) is 36.4 Å². The SMILES string of the molecule is CCN(CC)C(CNC(=O)C1CNNC1c1ccc(Cl)cc1)c1ccco1. The summed E-state index contributed by atoms with van der Waals surface area (Å²) in [5.41, 5.74) is 7.34. The second kappa shape index (κ2) is 9.37. The van der Waals surface area contributed by atoms with E-state index in [9.17, 15) is 4.79 Å². The highest BCUT2D eigenvalue weighted by Gasteiger charge is 2.34. The van der Waals surface area contributed by atoms with Gasteiger partial charge in [-0.1, -0.05) is 37.6 Å². The van der Waals surface area contributed by atoms with Crippen LogP contribution in [0, 0.1) is 5.92 Å². The Morgan fingerprint density at radius 3 is 2.67 bits per heavy atom. The quantitative estimate of drug-likeness (QED) is 0.646. The third kappa shape index (κ3) is 4.71. The highest BCUT2D eigenvalue weighted by atomic mass is 35.5. The van der Waals surface area contributed by atoms with E-state index in [4.69, 9.17) is 16.0 Å². The van der Waals surface area contributed by atoms with Crippen LogP contribution in [0.5, 0.6) is 0 Å². The lowest BCUT2D eigenvalue weighted by molar-refractivity contribution is -0.125. The number of carbonyl (C=O) groups is 1. The van der Waals surface area contributed by atoms with Crippen LogP contribution in [0.3, 0.4) is 0 Å². The minimum absolute atomic E-state index is 0.0234. The summed E-state index contributed by atoms with van der Waals surface area (Å²) in [6.07, 6.45) is 1.68. The van der Waals surface area contributed by atoms with Crippen molar-refractivity contribution in [2.75, 3.05) is 26.2 Å². The molecule has 7 heteroatoms. The van der Waals surface area contributed by atoms with E-state index in [0.717, 1.165) is 24.4 Å². The first-order chi connectivity index (χ1) is 13.1. The number of nitrogens with zero attached hydrogens (tertiary/aromatic N) is 1. The second-order valence-electron chi connectivity index (χ2n) is 6.66. The minimum atomic E-state index is -0.194.